The van der Waals surface area contributed by atoms with Crippen molar-refractivity contribution < 1.29 is 4.79 Å². The van der Waals surface area contributed by atoms with Gasteiger partial charge in [-0.1, -0.05) is 60.7 Å². The molecule has 4 rings (SSSR count). The smallest absolute Gasteiger partial charge is 0.242 e. The average Bonchev–Trinajstić information content (AvgIpc) is 2.80. The maximum atomic E-state index is 13.1. The van der Waals surface area contributed by atoms with Gasteiger partial charge >= 0.3 is 0 Å². The van der Waals surface area contributed by atoms with Crippen LogP contribution in [-0.2, 0) is 11.3 Å². The first-order valence-electron chi connectivity index (χ1n) is 10.6. The van der Waals surface area contributed by atoms with Crippen molar-refractivity contribution in [3.05, 3.63) is 96.1 Å². The van der Waals surface area contributed by atoms with Crippen molar-refractivity contribution >= 4 is 17.3 Å². The Kier molecular flexibility index (Phi) is 6.33. The van der Waals surface area contributed by atoms with Crippen molar-refractivity contribution in [3.63, 3.8) is 0 Å². The van der Waals surface area contributed by atoms with E-state index in [1.54, 1.807) is 0 Å². The molecule has 0 atom stereocenters. The van der Waals surface area contributed by atoms with Crippen molar-refractivity contribution in [1.82, 2.24) is 4.90 Å². The second kappa shape index (κ2) is 9.49. The molecule has 1 amide bonds. The Bertz CT molecular complexity index is 950. The normalized spacial score (nSPS) is 13.9. The van der Waals surface area contributed by atoms with E-state index in [0.717, 1.165) is 38.4 Å². The maximum absolute atomic E-state index is 13.1. The summed E-state index contributed by atoms with van der Waals surface area (Å²) in [5.74, 6) is 0.193. The minimum absolute atomic E-state index is 0.193. The van der Waals surface area contributed by atoms with Crippen LogP contribution in [0.4, 0.5) is 11.4 Å². The van der Waals surface area contributed by atoms with Crippen molar-refractivity contribution in [2.75, 3.05) is 42.5 Å². The van der Waals surface area contributed by atoms with E-state index in [9.17, 15) is 4.79 Å². The molecule has 154 valence electrons. The summed E-state index contributed by atoms with van der Waals surface area (Å²) >= 11 is 0. The quantitative estimate of drug-likeness (QED) is 0.617. The van der Waals surface area contributed by atoms with E-state index in [-0.39, 0.29) is 5.91 Å². The van der Waals surface area contributed by atoms with E-state index < -0.39 is 0 Å². The Morgan fingerprint density at radius 1 is 0.833 bits per heavy atom. The number of rotatable bonds is 6. The molecule has 1 saturated heterocycles. The van der Waals surface area contributed by atoms with Crippen LogP contribution in [0.1, 0.15) is 11.1 Å². The topological polar surface area (TPSA) is 26.8 Å². The lowest BCUT2D eigenvalue weighted by atomic mass is 10.1. The van der Waals surface area contributed by atoms with Gasteiger partial charge in [-0.3, -0.25) is 4.79 Å². The van der Waals surface area contributed by atoms with Gasteiger partial charge in [0.15, 0.2) is 0 Å². The van der Waals surface area contributed by atoms with Crippen LogP contribution >= 0.6 is 0 Å². The number of hydrogen-bond acceptors (Lipinski definition) is 3. The van der Waals surface area contributed by atoms with E-state index in [2.05, 4.69) is 65.3 Å². The molecule has 30 heavy (non-hydrogen) atoms. The minimum atomic E-state index is 0.193. The fraction of sp³-hybridized carbons (Fsp3) is 0.269. The molecule has 1 heterocycles. The summed E-state index contributed by atoms with van der Waals surface area (Å²) in [5.41, 5.74) is 4.80. The number of aryl methyl sites for hydroxylation is 1. The first-order valence-corrected chi connectivity index (χ1v) is 10.6. The van der Waals surface area contributed by atoms with Crippen LogP contribution < -0.4 is 9.80 Å². The zero-order chi connectivity index (χ0) is 20.8. The van der Waals surface area contributed by atoms with E-state index in [0.29, 0.717) is 6.54 Å². The molecule has 4 nitrogen and oxygen atoms in total. The highest BCUT2D eigenvalue weighted by atomic mass is 16.2. The maximum Gasteiger partial charge on any atom is 0.242 e. The molecule has 0 unspecified atom stereocenters. The second-order valence-corrected chi connectivity index (χ2v) is 7.88. The number of piperazine rings is 1. The van der Waals surface area contributed by atoms with E-state index in [1.165, 1.54) is 16.8 Å². The molecule has 0 saturated carbocycles. The molecule has 0 radical (unpaired) electrons. The molecule has 1 aliphatic rings. The van der Waals surface area contributed by atoms with Crippen LogP contribution in [0.2, 0.25) is 0 Å². The Labute approximate surface area is 179 Å². The third-order valence-electron chi connectivity index (χ3n) is 5.66. The number of benzene rings is 3. The summed E-state index contributed by atoms with van der Waals surface area (Å²) in [6.45, 7) is 6.51. The van der Waals surface area contributed by atoms with Crippen LogP contribution in [0, 0.1) is 6.92 Å². The molecule has 1 aliphatic heterocycles. The van der Waals surface area contributed by atoms with Crippen LogP contribution in [-0.4, -0.2) is 43.5 Å². The first-order chi connectivity index (χ1) is 14.7. The van der Waals surface area contributed by atoms with Crippen LogP contribution in [0.3, 0.4) is 0 Å². The molecule has 3 aromatic carbocycles. The molecular weight excluding hydrogens is 370 g/mol. The van der Waals surface area contributed by atoms with Crippen molar-refractivity contribution in [2.24, 2.45) is 0 Å². The zero-order valence-corrected chi connectivity index (χ0v) is 17.6. The van der Waals surface area contributed by atoms with Gasteiger partial charge in [-0.25, -0.2) is 0 Å². The molecule has 0 aliphatic carbocycles. The summed E-state index contributed by atoms with van der Waals surface area (Å²) in [6, 6.07) is 29.1. The van der Waals surface area contributed by atoms with Crippen LogP contribution in [0.5, 0.6) is 0 Å². The molecule has 4 heteroatoms. The number of carbonyl (C=O) groups excluding carboxylic acids is 1. The number of carbonyl (C=O) groups is 1. The zero-order valence-electron chi connectivity index (χ0n) is 17.6. The summed E-state index contributed by atoms with van der Waals surface area (Å²) in [5, 5.41) is 0. The molecular formula is C26H29N3O. The largest absolute Gasteiger partial charge is 0.368 e. The predicted molar refractivity (Wildman–Crippen MR) is 124 cm³/mol. The minimum Gasteiger partial charge on any atom is -0.368 e. The molecule has 0 N–H and O–H groups in total. The van der Waals surface area contributed by atoms with Crippen molar-refractivity contribution in [2.45, 2.75) is 13.5 Å². The van der Waals surface area contributed by atoms with Crippen LogP contribution in [0.15, 0.2) is 84.9 Å². The number of nitrogens with zero attached hydrogens (tertiary/aromatic N) is 3. The molecule has 0 bridgehead atoms. The number of para-hydroxylation sites is 1. The summed E-state index contributed by atoms with van der Waals surface area (Å²) in [7, 11) is 0. The van der Waals surface area contributed by atoms with Gasteiger partial charge in [0, 0.05) is 44.1 Å². The monoisotopic (exact) mass is 399 g/mol. The van der Waals surface area contributed by atoms with Crippen LogP contribution in [0.25, 0.3) is 0 Å². The highest BCUT2D eigenvalue weighted by Gasteiger charge is 2.23. The second-order valence-electron chi connectivity index (χ2n) is 7.88. The number of amides is 1. The molecule has 1 fully saturated rings. The Morgan fingerprint density at radius 3 is 2.17 bits per heavy atom. The van der Waals surface area contributed by atoms with E-state index >= 15 is 0 Å². The van der Waals surface area contributed by atoms with Gasteiger partial charge in [-0.05, 0) is 42.3 Å². The van der Waals surface area contributed by atoms with Gasteiger partial charge in [0.2, 0.25) is 5.91 Å². The summed E-state index contributed by atoms with van der Waals surface area (Å²) < 4.78 is 0. The van der Waals surface area contributed by atoms with Gasteiger partial charge in [-0.15, -0.1) is 0 Å². The van der Waals surface area contributed by atoms with Gasteiger partial charge in [0.1, 0.15) is 0 Å². The van der Waals surface area contributed by atoms with Crippen molar-refractivity contribution in [3.8, 4) is 0 Å². The number of anilines is 2. The Balaban J connectivity index is 1.40. The lowest BCUT2D eigenvalue weighted by Gasteiger charge is -2.37. The highest BCUT2D eigenvalue weighted by molar-refractivity contribution is 5.81. The van der Waals surface area contributed by atoms with Gasteiger partial charge in [0.05, 0.1) is 6.54 Å². The molecule has 0 aromatic heterocycles. The standard InChI is InChI=1S/C26H29N3O/c1-22-9-8-14-25(19-22)27-15-17-28(18-16-27)26(30)21-29(24-12-6-3-7-13-24)20-23-10-4-2-5-11-23/h2-14,19H,15-18,20-21H2,1H3. The SMILES string of the molecule is Cc1cccc(N2CCN(C(=O)CN(Cc3ccccc3)c3ccccc3)CC2)c1. The summed E-state index contributed by atoms with van der Waals surface area (Å²) in [6.07, 6.45) is 0. The summed E-state index contributed by atoms with van der Waals surface area (Å²) in [4.78, 5) is 19.7. The molecule has 0 spiro atoms. The third-order valence-corrected chi connectivity index (χ3v) is 5.66. The lowest BCUT2D eigenvalue weighted by molar-refractivity contribution is -0.130. The van der Waals surface area contributed by atoms with Crippen molar-refractivity contribution in [1.29, 1.82) is 0 Å². The predicted octanol–water partition coefficient (Wildman–Crippen LogP) is 4.35. The third kappa shape index (κ3) is 5.01. The fourth-order valence-corrected chi connectivity index (χ4v) is 3.98. The molecule has 3 aromatic rings. The Morgan fingerprint density at radius 2 is 1.50 bits per heavy atom. The van der Waals surface area contributed by atoms with Gasteiger partial charge in [-0.2, -0.15) is 0 Å². The highest BCUT2D eigenvalue weighted by Crippen LogP contribution is 2.20. The Hall–Kier alpha value is -3.27. The van der Waals surface area contributed by atoms with E-state index in [4.69, 9.17) is 0 Å². The number of hydrogen-bond donors (Lipinski definition) is 0. The fourth-order valence-electron chi connectivity index (χ4n) is 3.98. The van der Waals surface area contributed by atoms with Gasteiger partial charge < -0.3 is 14.7 Å². The lowest BCUT2D eigenvalue weighted by Crippen LogP contribution is -2.51. The first kappa shape index (κ1) is 20.0. The van der Waals surface area contributed by atoms with Gasteiger partial charge in [0.25, 0.3) is 0 Å². The average molecular weight is 400 g/mol. The van der Waals surface area contributed by atoms with E-state index in [1.807, 2.05) is 41.3 Å².